The number of hydrogen-bond acceptors (Lipinski definition) is 5. The van der Waals surface area contributed by atoms with Crippen molar-refractivity contribution in [2.45, 2.75) is 20.8 Å². The highest BCUT2D eigenvalue weighted by molar-refractivity contribution is 5.98. The predicted octanol–water partition coefficient (Wildman–Crippen LogP) is 3.43. The minimum absolute atomic E-state index is 0.235. The summed E-state index contributed by atoms with van der Waals surface area (Å²) in [7, 11) is 1.55. The first-order chi connectivity index (χ1) is 11.9. The highest BCUT2D eigenvalue weighted by atomic mass is 16.6. The summed E-state index contributed by atoms with van der Waals surface area (Å²) in [5.41, 5.74) is 3.51. The van der Waals surface area contributed by atoms with Gasteiger partial charge in [-0.25, -0.2) is 4.79 Å². The van der Waals surface area contributed by atoms with Crippen LogP contribution in [0.1, 0.15) is 27.0 Å². The Kier molecular flexibility index (Phi) is 6.17. The van der Waals surface area contributed by atoms with E-state index in [1.54, 1.807) is 31.4 Å². The zero-order valence-electron chi connectivity index (χ0n) is 14.9. The molecule has 0 unspecified atom stereocenters. The predicted molar refractivity (Wildman–Crippen MR) is 94.4 cm³/mol. The normalized spacial score (nSPS) is 10.2. The Hall–Kier alpha value is -2.82. The van der Waals surface area contributed by atoms with Crippen molar-refractivity contribution in [3.8, 4) is 11.5 Å². The number of esters is 1. The van der Waals surface area contributed by atoms with Crippen molar-refractivity contribution in [2.75, 3.05) is 20.3 Å². The van der Waals surface area contributed by atoms with Gasteiger partial charge in [-0.2, -0.15) is 0 Å². The maximum Gasteiger partial charge on any atom is 0.344 e. The number of carbonyl (C=O) groups is 2. The Morgan fingerprint density at radius 1 is 0.920 bits per heavy atom. The van der Waals surface area contributed by atoms with Crippen LogP contribution in [0.15, 0.2) is 36.4 Å². The molecular formula is C20H22O5. The first-order valence-corrected chi connectivity index (χ1v) is 7.94. The molecule has 0 aliphatic rings. The molecule has 5 nitrogen and oxygen atoms in total. The Morgan fingerprint density at radius 3 is 2.08 bits per heavy atom. The van der Waals surface area contributed by atoms with E-state index in [1.165, 1.54) is 0 Å². The molecule has 25 heavy (non-hydrogen) atoms. The van der Waals surface area contributed by atoms with Gasteiger partial charge in [-0.05, 0) is 56.2 Å². The molecule has 2 rings (SSSR count). The number of benzene rings is 2. The molecule has 0 aromatic heterocycles. The van der Waals surface area contributed by atoms with Crippen molar-refractivity contribution in [2.24, 2.45) is 0 Å². The number of Topliss-reactive ketones (excluding diaryl/α,β-unsaturated/α-hetero) is 1. The summed E-state index contributed by atoms with van der Waals surface area (Å²) in [6.07, 6.45) is 0. The fourth-order valence-electron chi connectivity index (χ4n) is 2.57. The van der Waals surface area contributed by atoms with Crippen LogP contribution < -0.4 is 9.47 Å². The average Bonchev–Trinajstić information content (AvgIpc) is 2.58. The van der Waals surface area contributed by atoms with Gasteiger partial charge >= 0.3 is 5.97 Å². The maximum atomic E-state index is 12.0. The van der Waals surface area contributed by atoms with Gasteiger partial charge < -0.3 is 14.2 Å². The lowest BCUT2D eigenvalue weighted by atomic mass is 10.1. The third-order valence-electron chi connectivity index (χ3n) is 3.72. The van der Waals surface area contributed by atoms with Gasteiger partial charge in [0, 0.05) is 5.56 Å². The fraction of sp³-hybridized carbons (Fsp3) is 0.300. The molecule has 0 saturated heterocycles. The van der Waals surface area contributed by atoms with E-state index in [0.717, 1.165) is 16.7 Å². The van der Waals surface area contributed by atoms with Gasteiger partial charge in [0.2, 0.25) is 0 Å². The van der Waals surface area contributed by atoms with Crippen LogP contribution in [0.3, 0.4) is 0 Å². The second-order valence-corrected chi connectivity index (χ2v) is 5.83. The van der Waals surface area contributed by atoms with E-state index in [0.29, 0.717) is 17.1 Å². The molecule has 0 amide bonds. The first-order valence-electron chi connectivity index (χ1n) is 7.94. The van der Waals surface area contributed by atoms with Crippen LogP contribution in [0.25, 0.3) is 0 Å². The Balaban J connectivity index is 1.85. The molecule has 0 aliphatic heterocycles. The van der Waals surface area contributed by atoms with Gasteiger partial charge in [-0.1, -0.05) is 17.7 Å². The van der Waals surface area contributed by atoms with E-state index in [4.69, 9.17) is 14.2 Å². The van der Waals surface area contributed by atoms with Gasteiger partial charge in [-0.15, -0.1) is 0 Å². The van der Waals surface area contributed by atoms with E-state index in [-0.39, 0.29) is 19.0 Å². The lowest BCUT2D eigenvalue weighted by molar-refractivity contribution is -0.144. The van der Waals surface area contributed by atoms with Crippen LogP contribution in [-0.4, -0.2) is 32.1 Å². The smallest absolute Gasteiger partial charge is 0.344 e. The van der Waals surface area contributed by atoms with E-state index in [2.05, 4.69) is 0 Å². The topological polar surface area (TPSA) is 61.8 Å². The first kappa shape index (κ1) is 18.5. The van der Waals surface area contributed by atoms with Crippen LogP contribution in [0, 0.1) is 20.8 Å². The molecule has 0 N–H and O–H groups in total. The summed E-state index contributed by atoms with van der Waals surface area (Å²) in [6.45, 7) is 5.30. The van der Waals surface area contributed by atoms with E-state index in [1.807, 2.05) is 32.9 Å². The number of aryl methyl sites for hydroxylation is 3. The lowest BCUT2D eigenvalue weighted by Crippen LogP contribution is -2.20. The van der Waals surface area contributed by atoms with Crippen molar-refractivity contribution in [3.63, 3.8) is 0 Å². The molecule has 0 spiro atoms. The molecule has 0 bridgehead atoms. The fourth-order valence-corrected chi connectivity index (χ4v) is 2.57. The second kappa shape index (κ2) is 8.33. The molecule has 0 atom stereocenters. The highest BCUT2D eigenvalue weighted by Gasteiger charge is 2.12. The molecule has 0 fully saturated rings. The summed E-state index contributed by atoms with van der Waals surface area (Å²) >= 11 is 0. The zero-order chi connectivity index (χ0) is 18.4. The summed E-state index contributed by atoms with van der Waals surface area (Å²) in [6, 6.07) is 10.6. The maximum absolute atomic E-state index is 12.0. The Morgan fingerprint density at radius 2 is 1.52 bits per heavy atom. The summed E-state index contributed by atoms with van der Waals surface area (Å²) in [5.74, 6) is 0.467. The van der Waals surface area contributed by atoms with Gasteiger partial charge in [0.05, 0.1) is 7.11 Å². The van der Waals surface area contributed by atoms with Gasteiger partial charge in [0.25, 0.3) is 0 Å². The van der Waals surface area contributed by atoms with E-state index < -0.39 is 5.97 Å². The van der Waals surface area contributed by atoms with Crippen LogP contribution in [0.2, 0.25) is 0 Å². The van der Waals surface area contributed by atoms with Crippen LogP contribution in [0.5, 0.6) is 11.5 Å². The SMILES string of the molecule is COc1ccc(C(=O)COC(=O)COc2c(C)cc(C)cc2C)cc1. The Bertz CT molecular complexity index is 739. The molecule has 0 aliphatic carbocycles. The standard InChI is InChI=1S/C20H22O5/c1-13-9-14(2)20(15(3)10-13)25-12-19(22)24-11-18(21)16-5-7-17(23-4)8-6-16/h5-10H,11-12H2,1-4H3. The number of rotatable bonds is 7. The largest absolute Gasteiger partial charge is 0.497 e. The van der Waals surface area contributed by atoms with Crippen LogP contribution in [-0.2, 0) is 9.53 Å². The number of ether oxygens (including phenoxy) is 3. The zero-order valence-corrected chi connectivity index (χ0v) is 14.9. The third-order valence-corrected chi connectivity index (χ3v) is 3.72. The molecule has 2 aromatic carbocycles. The third kappa shape index (κ3) is 5.08. The number of methoxy groups -OCH3 is 1. The van der Waals surface area contributed by atoms with Gasteiger partial charge in [0.1, 0.15) is 11.5 Å². The van der Waals surface area contributed by atoms with Crippen LogP contribution in [0.4, 0.5) is 0 Å². The number of carbonyl (C=O) groups excluding carboxylic acids is 2. The average molecular weight is 342 g/mol. The molecule has 2 aromatic rings. The summed E-state index contributed by atoms with van der Waals surface area (Å²) < 4.78 is 15.6. The van der Waals surface area contributed by atoms with Crippen molar-refractivity contribution in [1.29, 1.82) is 0 Å². The number of hydrogen-bond donors (Lipinski definition) is 0. The van der Waals surface area contributed by atoms with Crippen molar-refractivity contribution >= 4 is 11.8 Å². The van der Waals surface area contributed by atoms with E-state index in [9.17, 15) is 9.59 Å². The van der Waals surface area contributed by atoms with Crippen LogP contribution >= 0.6 is 0 Å². The minimum atomic E-state index is -0.582. The molecule has 0 radical (unpaired) electrons. The monoisotopic (exact) mass is 342 g/mol. The van der Waals surface area contributed by atoms with Crippen molar-refractivity contribution in [3.05, 3.63) is 58.7 Å². The molecular weight excluding hydrogens is 320 g/mol. The molecule has 0 saturated carbocycles. The van der Waals surface area contributed by atoms with E-state index >= 15 is 0 Å². The molecule has 0 heterocycles. The lowest BCUT2D eigenvalue weighted by Gasteiger charge is -2.12. The van der Waals surface area contributed by atoms with Gasteiger partial charge in [-0.3, -0.25) is 4.79 Å². The molecule has 5 heteroatoms. The minimum Gasteiger partial charge on any atom is -0.497 e. The highest BCUT2D eigenvalue weighted by Crippen LogP contribution is 2.24. The Labute approximate surface area is 147 Å². The molecule has 132 valence electrons. The second-order valence-electron chi connectivity index (χ2n) is 5.83. The summed E-state index contributed by atoms with van der Waals surface area (Å²) in [4.78, 5) is 23.8. The number of ketones is 1. The van der Waals surface area contributed by atoms with Gasteiger partial charge in [0.15, 0.2) is 19.0 Å². The summed E-state index contributed by atoms with van der Waals surface area (Å²) in [5, 5.41) is 0. The van der Waals surface area contributed by atoms with Crippen molar-refractivity contribution in [1.82, 2.24) is 0 Å². The quantitative estimate of drug-likeness (QED) is 0.570. The van der Waals surface area contributed by atoms with Crippen molar-refractivity contribution < 1.29 is 23.8 Å².